The minimum Gasteiger partial charge on any atom is -0.383 e. The van der Waals surface area contributed by atoms with Gasteiger partial charge in [0.25, 0.3) is 0 Å². The Balaban J connectivity index is 2.24. The van der Waals surface area contributed by atoms with Crippen molar-refractivity contribution in [3.05, 3.63) is 0 Å². The Morgan fingerprint density at radius 3 is 2.86 bits per heavy atom. The van der Waals surface area contributed by atoms with Gasteiger partial charge in [0.2, 0.25) is 0 Å². The third kappa shape index (κ3) is 3.56. The summed E-state index contributed by atoms with van der Waals surface area (Å²) < 4.78 is 5.11. The van der Waals surface area contributed by atoms with Crippen molar-refractivity contribution in [2.45, 2.75) is 38.8 Å². The zero-order valence-electron chi connectivity index (χ0n) is 9.75. The summed E-state index contributed by atoms with van der Waals surface area (Å²) in [5.74, 6) is 0. The number of nitrogens with zero attached hydrogens (tertiary/aromatic N) is 1. The van der Waals surface area contributed by atoms with Crippen molar-refractivity contribution in [3.63, 3.8) is 0 Å². The van der Waals surface area contributed by atoms with Crippen LogP contribution in [0.5, 0.6) is 0 Å². The fraction of sp³-hybridized carbons (Fsp3) is 1.00. The topological polar surface area (TPSA) is 24.5 Å². The lowest BCUT2D eigenvalue weighted by molar-refractivity contribution is 0.0916. The molecule has 3 heteroatoms. The van der Waals surface area contributed by atoms with Gasteiger partial charge in [-0.05, 0) is 32.9 Å². The van der Waals surface area contributed by atoms with E-state index in [0.717, 1.165) is 25.7 Å². The van der Waals surface area contributed by atoms with Crippen LogP contribution in [0.3, 0.4) is 0 Å². The Bertz CT molecular complexity index is 152. The van der Waals surface area contributed by atoms with Crippen molar-refractivity contribution in [2.75, 3.05) is 33.4 Å². The first-order valence-electron chi connectivity index (χ1n) is 5.74. The number of ether oxygens (including phenoxy) is 1. The molecule has 1 rings (SSSR count). The molecule has 1 aliphatic rings. The molecule has 2 atom stereocenters. The fourth-order valence-corrected chi connectivity index (χ4v) is 2.24. The second-order valence-corrected chi connectivity index (χ2v) is 4.16. The number of methoxy groups -OCH3 is 1. The molecule has 14 heavy (non-hydrogen) atoms. The maximum atomic E-state index is 5.11. The maximum absolute atomic E-state index is 5.11. The minimum atomic E-state index is 0.697. The molecule has 84 valence electrons. The van der Waals surface area contributed by atoms with Crippen molar-refractivity contribution in [1.29, 1.82) is 0 Å². The second-order valence-electron chi connectivity index (χ2n) is 4.16. The highest BCUT2D eigenvalue weighted by Crippen LogP contribution is 2.16. The van der Waals surface area contributed by atoms with Crippen LogP contribution in [-0.2, 0) is 4.74 Å². The molecule has 3 nitrogen and oxygen atoms in total. The van der Waals surface area contributed by atoms with E-state index in [1.807, 2.05) is 0 Å². The third-order valence-corrected chi connectivity index (χ3v) is 3.09. The molecular formula is C11H24N2O. The van der Waals surface area contributed by atoms with Crippen LogP contribution in [0.15, 0.2) is 0 Å². The summed E-state index contributed by atoms with van der Waals surface area (Å²) in [7, 11) is 1.77. The number of likely N-dealkylation sites (tertiary alicyclic amines) is 1. The number of piperidine rings is 1. The second kappa shape index (κ2) is 6.38. The van der Waals surface area contributed by atoms with E-state index >= 15 is 0 Å². The first kappa shape index (κ1) is 12.0. The standard InChI is InChI=1S/C11H24N2O/c1-4-12-11-5-6-13(7-8-14-3)10(2)9-11/h10-12H,4-9H2,1-3H3. The summed E-state index contributed by atoms with van der Waals surface area (Å²) in [4.78, 5) is 2.53. The van der Waals surface area contributed by atoms with Gasteiger partial charge in [0, 0.05) is 25.7 Å². The fourth-order valence-electron chi connectivity index (χ4n) is 2.24. The van der Waals surface area contributed by atoms with Crippen LogP contribution in [0.2, 0.25) is 0 Å². The Morgan fingerprint density at radius 2 is 2.29 bits per heavy atom. The van der Waals surface area contributed by atoms with Crippen molar-refractivity contribution in [3.8, 4) is 0 Å². The lowest BCUT2D eigenvalue weighted by Crippen LogP contribution is -2.48. The summed E-state index contributed by atoms with van der Waals surface area (Å²) in [6, 6.07) is 1.43. The SMILES string of the molecule is CCNC1CCN(CCOC)C(C)C1. The van der Waals surface area contributed by atoms with E-state index < -0.39 is 0 Å². The van der Waals surface area contributed by atoms with Crippen LogP contribution >= 0.6 is 0 Å². The van der Waals surface area contributed by atoms with E-state index in [2.05, 4.69) is 24.1 Å². The summed E-state index contributed by atoms with van der Waals surface area (Å²) in [6.45, 7) is 8.74. The number of nitrogens with one attached hydrogen (secondary N) is 1. The lowest BCUT2D eigenvalue weighted by Gasteiger charge is -2.37. The van der Waals surface area contributed by atoms with Crippen molar-refractivity contribution >= 4 is 0 Å². The average Bonchev–Trinajstić information content (AvgIpc) is 2.17. The Labute approximate surface area is 87.8 Å². The van der Waals surface area contributed by atoms with Crippen LogP contribution in [0.1, 0.15) is 26.7 Å². The van der Waals surface area contributed by atoms with Gasteiger partial charge in [0.05, 0.1) is 6.61 Å². The lowest BCUT2D eigenvalue weighted by atomic mass is 9.98. The van der Waals surface area contributed by atoms with Gasteiger partial charge in [-0.1, -0.05) is 6.92 Å². The third-order valence-electron chi connectivity index (χ3n) is 3.09. The first-order chi connectivity index (χ1) is 6.77. The van der Waals surface area contributed by atoms with Crippen molar-refractivity contribution in [2.24, 2.45) is 0 Å². The highest BCUT2D eigenvalue weighted by Gasteiger charge is 2.23. The Hall–Kier alpha value is -0.120. The molecule has 0 bridgehead atoms. The number of rotatable bonds is 5. The molecule has 0 saturated carbocycles. The van der Waals surface area contributed by atoms with Gasteiger partial charge < -0.3 is 10.1 Å². The zero-order chi connectivity index (χ0) is 10.4. The van der Waals surface area contributed by atoms with Crippen LogP contribution in [0.4, 0.5) is 0 Å². The molecule has 0 radical (unpaired) electrons. The molecule has 0 aromatic carbocycles. The van der Waals surface area contributed by atoms with Crippen molar-refractivity contribution < 1.29 is 4.74 Å². The maximum Gasteiger partial charge on any atom is 0.0589 e. The highest BCUT2D eigenvalue weighted by molar-refractivity contribution is 4.82. The normalized spacial score (nSPS) is 29.4. The van der Waals surface area contributed by atoms with E-state index in [1.54, 1.807) is 7.11 Å². The van der Waals surface area contributed by atoms with Crippen molar-refractivity contribution in [1.82, 2.24) is 10.2 Å². The Morgan fingerprint density at radius 1 is 1.50 bits per heavy atom. The zero-order valence-corrected chi connectivity index (χ0v) is 9.75. The van der Waals surface area contributed by atoms with Gasteiger partial charge in [0.15, 0.2) is 0 Å². The van der Waals surface area contributed by atoms with E-state index in [0.29, 0.717) is 6.04 Å². The molecular weight excluding hydrogens is 176 g/mol. The molecule has 1 aliphatic heterocycles. The number of hydrogen-bond donors (Lipinski definition) is 1. The van der Waals surface area contributed by atoms with Crippen LogP contribution in [-0.4, -0.2) is 50.3 Å². The van der Waals surface area contributed by atoms with Gasteiger partial charge in [-0.2, -0.15) is 0 Å². The van der Waals surface area contributed by atoms with Gasteiger partial charge in [-0.3, -0.25) is 4.90 Å². The van der Waals surface area contributed by atoms with Crippen LogP contribution in [0.25, 0.3) is 0 Å². The average molecular weight is 200 g/mol. The van der Waals surface area contributed by atoms with Gasteiger partial charge in [-0.15, -0.1) is 0 Å². The highest BCUT2D eigenvalue weighted by atomic mass is 16.5. The molecule has 0 spiro atoms. The molecule has 1 saturated heterocycles. The molecule has 0 aromatic heterocycles. The summed E-state index contributed by atoms with van der Waals surface area (Å²) >= 11 is 0. The smallest absolute Gasteiger partial charge is 0.0589 e. The van der Waals surface area contributed by atoms with Crippen LogP contribution in [0, 0.1) is 0 Å². The molecule has 0 aliphatic carbocycles. The number of hydrogen-bond acceptors (Lipinski definition) is 3. The summed E-state index contributed by atoms with van der Waals surface area (Å²) in [5.41, 5.74) is 0. The van der Waals surface area contributed by atoms with Gasteiger partial charge in [0.1, 0.15) is 0 Å². The van der Waals surface area contributed by atoms with E-state index in [9.17, 15) is 0 Å². The van der Waals surface area contributed by atoms with E-state index in [-0.39, 0.29) is 0 Å². The quantitative estimate of drug-likeness (QED) is 0.719. The van der Waals surface area contributed by atoms with Gasteiger partial charge in [-0.25, -0.2) is 0 Å². The predicted molar refractivity (Wildman–Crippen MR) is 59.6 cm³/mol. The monoisotopic (exact) mass is 200 g/mol. The van der Waals surface area contributed by atoms with Gasteiger partial charge >= 0.3 is 0 Å². The summed E-state index contributed by atoms with van der Waals surface area (Å²) in [6.07, 6.45) is 2.56. The minimum absolute atomic E-state index is 0.697. The molecule has 0 aromatic rings. The van der Waals surface area contributed by atoms with Crippen LogP contribution < -0.4 is 5.32 Å². The Kier molecular flexibility index (Phi) is 5.45. The van der Waals surface area contributed by atoms with E-state index in [1.165, 1.54) is 19.4 Å². The molecule has 1 fully saturated rings. The van der Waals surface area contributed by atoms with E-state index in [4.69, 9.17) is 4.74 Å². The predicted octanol–water partition coefficient (Wildman–Crippen LogP) is 1.10. The largest absolute Gasteiger partial charge is 0.383 e. The molecule has 1 heterocycles. The summed E-state index contributed by atoms with van der Waals surface area (Å²) in [5, 5.41) is 3.53. The molecule has 1 N–H and O–H groups in total. The molecule has 0 amide bonds. The molecule has 2 unspecified atom stereocenters. The first-order valence-corrected chi connectivity index (χ1v) is 5.74.